The van der Waals surface area contributed by atoms with E-state index in [1.54, 1.807) is 0 Å². The van der Waals surface area contributed by atoms with E-state index < -0.39 is 0 Å². The molecule has 2 N–H and O–H groups in total. The van der Waals surface area contributed by atoms with Crippen molar-refractivity contribution in [1.29, 1.82) is 0 Å². The Labute approximate surface area is 168 Å². The molecule has 0 spiro atoms. The molecule has 3 aromatic rings. The van der Waals surface area contributed by atoms with Gasteiger partial charge in [-0.3, -0.25) is 4.98 Å². The zero-order chi connectivity index (χ0) is 19.4. The highest BCUT2D eigenvalue weighted by atomic mass is 14.8. The third kappa shape index (κ3) is 2.68. The first-order chi connectivity index (χ1) is 14.2. The lowest BCUT2D eigenvalue weighted by atomic mass is 9.75. The second-order valence-electron chi connectivity index (χ2n) is 8.04. The van der Waals surface area contributed by atoms with Gasteiger partial charge >= 0.3 is 0 Å². The van der Waals surface area contributed by atoms with E-state index >= 15 is 0 Å². The van der Waals surface area contributed by atoms with Gasteiger partial charge in [0.05, 0.1) is 22.8 Å². The monoisotopic (exact) mass is 376 g/mol. The molecule has 29 heavy (non-hydrogen) atoms. The minimum atomic E-state index is -0.104. The maximum Gasteiger partial charge on any atom is 0.0695 e. The Morgan fingerprint density at radius 3 is 2.10 bits per heavy atom. The number of hydrogen-bond acceptors (Lipinski definition) is 2. The normalized spacial score (nSPS) is 19.8. The molecule has 4 heteroatoms. The van der Waals surface area contributed by atoms with Gasteiger partial charge in [0.15, 0.2) is 0 Å². The average Bonchev–Trinajstić information content (AvgIpc) is 3.47. The zero-order valence-corrected chi connectivity index (χ0v) is 16.1. The largest absolute Gasteiger partial charge is 0.355 e. The van der Waals surface area contributed by atoms with Gasteiger partial charge in [-0.2, -0.15) is 0 Å². The van der Waals surface area contributed by atoms with Crippen LogP contribution >= 0.6 is 0 Å². The summed E-state index contributed by atoms with van der Waals surface area (Å²) in [5.41, 5.74) is 9.33. The summed E-state index contributed by atoms with van der Waals surface area (Å²) in [4.78, 5) is 16.7. The quantitative estimate of drug-likeness (QED) is 0.408. The van der Waals surface area contributed by atoms with E-state index in [0.717, 1.165) is 51.3 Å². The maximum atomic E-state index is 5.05. The Morgan fingerprint density at radius 2 is 1.41 bits per heavy atom. The van der Waals surface area contributed by atoms with Crippen molar-refractivity contribution >= 4 is 39.8 Å². The highest BCUT2D eigenvalue weighted by Crippen LogP contribution is 2.46. The van der Waals surface area contributed by atoms with Gasteiger partial charge in [-0.15, -0.1) is 0 Å². The Kier molecular flexibility index (Phi) is 3.33. The van der Waals surface area contributed by atoms with Crippen molar-refractivity contribution in [3.63, 3.8) is 0 Å². The number of aromatic amines is 2. The summed E-state index contributed by atoms with van der Waals surface area (Å²) in [5.74, 6) is 0. The summed E-state index contributed by atoms with van der Waals surface area (Å²) in [7, 11) is 0. The summed E-state index contributed by atoms with van der Waals surface area (Å²) in [6.07, 6.45) is 11.6. The van der Waals surface area contributed by atoms with Gasteiger partial charge in [0.2, 0.25) is 0 Å². The van der Waals surface area contributed by atoms with Crippen LogP contribution in [0.1, 0.15) is 36.1 Å². The summed E-state index contributed by atoms with van der Waals surface area (Å²) < 4.78 is 0. The van der Waals surface area contributed by atoms with Crippen molar-refractivity contribution in [2.75, 3.05) is 0 Å². The van der Waals surface area contributed by atoms with Gasteiger partial charge in [-0.1, -0.05) is 18.2 Å². The van der Waals surface area contributed by atoms with Crippen molar-refractivity contribution in [3.8, 4) is 0 Å². The smallest absolute Gasteiger partial charge is 0.0695 e. The number of rotatable bonds is 0. The van der Waals surface area contributed by atoms with Gasteiger partial charge in [0, 0.05) is 27.5 Å². The van der Waals surface area contributed by atoms with Crippen LogP contribution in [0.5, 0.6) is 0 Å². The predicted octanol–water partition coefficient (Wildman–Crippen LogP) is 5.79. The number of hydrogen-bond donors (Lipinski definition) is 2. The van der Waals surface area contributed by atoms with Crippen LogP contribution in [0.15, 0.2) is 66.8 Å². The van der Waals surface area contributed by atoms with Crippen molar-refractivity contribution < 1.29 is 0 Å². The molecule has 1 atom stereocenters. The molecule has 8 bridgehead atoms. The molecule has 0 unspecified atom stereocenters. The number of allylic oxidation sites excluding steroid dienone is 4. The topological polar surface area (TPSA) is 57.4 Å². The molecule has 6 rings (SSSR count). The molecule has 140 valence electrons. The van der Waals surface area contributed by atoms with E-state index in [9.17, 15) is 0 Å². The Balaban J connectivity index is 1.71. The molecule has 3 aliphatic rings. The molecule has 1 aliphatic carbocycles. The second kappa shape index (κ2) is 5.92. The first-order valence-corrected chi connectivity index (χ1v) is 9.90. The van der Waals surface area contributed by atoms with Crippen molar-refractivity contribution in [2.45, 2.75) is 18.8 Å². The fourth-order valence-corrected chi connectivity index (χ4v) is 4.35. The fourth-order valence-electron chi connectivity index (χ4n) is 4.35. The predicted molar refractivity (Wildman–Crippen MR) is 119 cm³/mol. The SMILES string of the molecule is C[C@]12CC=CC=C1c1cc3ccc(cc4nc(cc5ccc(cc2n1)[nH]5)C=C4)[nH]3. The van der Waals surface area contributed by atoms with Crippen LogP contribution < -0.4 is 0 Å². The van der Waals surface area contributed by atoms with E-state index in [0.29, 0.717) is 0 Å². The standard InChI is InChI=1S/C25H20N4/c1-25-11-3-2-4-22(25)23-14-20-9-7-18(27-20)12-16-5-6-17(26-16)13-19-8-10-21(28-19)15-24(25)29-23/h2-10,12-15,27-28H,11H2,1H3/t25-/m0/s1. The molecule has 0 radical (unpaired) electrons. The highest BCUT2D eigenvalue weighted by Gasteiger charge is 2.38. The van der Waals surface area contributed by atoms with E-state index in [2.05, 4.69) is 83.7 Å². The lowest BCUT2D eigenvalue weighted by Gasteiger charge is -2.26. The van der Waals surface area contributed by atoms with Crippen LogP contribution in [0.2, 0.25) is 0 Å². The van der Waals surface area contributed by atoms with Crippen molar-refractivity contribution in [1.82, 2.24) is 19.9 Å². The van der Waals surface area contributed by atoms with Gasteiger partial charge in [-0.25, -0.2) is 4.98 Å². The van der Waals surface area contributed by atoms with Crippen molar-refractivity contribution in [3.05, 3.63) is 89.5 Å². The summed E-state index contributed by atoms with van der Waals surface area (Å²) >= 11 is 0. The van der Waals surface area contributed by atoms with Crippen LogP contribution in [0.3, 0.4) is 0 Å². The third-order valence-electron chi connectivity index (χ3n) is 5.94. The third-order valence-corrected chi connectivity index (χ3v) is 5.94. The van der Waals surface area contributed by atoms with Gasteiger partial charge in [0.25, 0.3) is 0 Å². The minimum Gasteiger partial charge on any atom is -0.355 e. The van der Waals surface area contributed by atoms with Crippen LogP contribution in [0.25, 0.3) is 39.8 Å². The summed E-state index contributed by atoms with van der Waals surface area (Å²) in [6, 6.07) is 16.8. The summed E-state index contributed by atoms with van der Waals surface area (Å²) in [6.45, 7) is 2.28. The number of fused-ring (bicyclic) bond motifs is 11. The van der Waals surface area contributed by atoms with Crippen molar-refractivity contribution in [2.24, 2.45) is 0 Å². The first-order valence-electron chi connectivity index (χ1n) is 9.90. The molecule has 0 amide bonds. The minimum absolute atomic E-state index is 0.104. The Morgan fingerprint density at radius 1 is 0.793 bits per heavy atom. The van der Waals surface area contributed by atoms with Gasteiger partial charge in [-0.05, 0) is 79.6 Å². The van der Waals surface area contributed by atoms with Crippen LogP contribution in [0, 0.1) is 0 Å². The summed E-state index contributed by atoms with van der Waals surface area (Å²) in [5, 5.41) is 0. The zero-order valence-electron chi connectivity index (χ0n) is 16.1. The van der Waals surface area contributed by atoms with E-state index in [-0.39, 0.29) is 5.41 Å². The molecule has 2 aliphatic heterocycles. The molecule has 0 aromatic carbocycles. The fraction of sp³-hybridized carbons (Fsp3) is 0.120. The molecule has 0 saturated heterocycles. The Bertz CT molecular complexity index is 1400. The lowest BCUT2D eigenvalue weighted by molar-refractivity contribution is 0.625. The van der Waals surface area contributed by atoms with E-state index in [1.807, 2.05) is 12.2 Å². The Hall–Kier alpha value is -3.66. The van der Waals surface area contributed by atoms with Crippen LogP contribution in [0.4, 0.5) is 0 Å². The van der Waals surface area contributed by atoms with Crippen LogP contribution in [-0.4, -0.2) is 19.9 Å². The molecule has 0 fully saturated rings. The number of aromatic nitrogens is 4. The number of nitrogens with zero attached hydrogens (tertiary/aromatic N) is 2. The molecular weight excluding hydrogens is 356 g/mol. The maximum absolute atomic E-state index is 5.05. The van der Waals surface area contributed by atoms with Crippen LogP contribution in [-0.2, 0) is 5.41 Å². The van der Waals surface area contributed by atoms with E-state index in [1.165, 1.54) is 5.57 Å². The number of H-pyrrole nitrogens is 2. The van der Waals surface area contributed by atoms with E-state index in [4.69, 9.17) is 9.97 Å². The molecular formula is C25H20N4. The second-order valence-corrected chi connectivity index (χ2v) is 8.04. The molecule has 0 saturated carbocycles. The lowest BCUT2D eigenvalue weighted by Crippen LogP contribution is -2.20. The first kappa shape index (κ1) is 16.3. The number of nitrogens with one attached hydrogen (secondary N) is 2. The molecule has 3 aromatic heterocycles. The molecule has 4 nitrogen and oxygen atoms in total. The van der Waals surface area contributed by atoms with Gasteiger partial charge < -0.3 is 9.97 Å². The average molecular weight is 376 g/mol. The molecule has 5 heterocycles. The highest BCUT2D eigenvalue weighted by molar-refractivity contribution is 5.81. The van der Waals surface area contributed by atoms with Gasteiger partial charge in [0.1, 0.15) is 0 Å².